The number of carbonyl (C=O) groups excluding carboxylic acids is 1. The zero-order valence-electron chi connectivity index (χ0n) is 9.64. The molecule has 0 saturated carbocycles. The highest BCUT2D eigenvalue weighted by molar-refractivity contribution is 9.10. The smallest absolute Gasteiger partial charge is 0.251 e. The number of rotatable bonds is 4. The van der Waals surface area contributed by atoms with Gasteiger partial charge in [-0.3, -0.25) is 4.79 Å². The zero-order valence-corrected chi connectivity index (χ0v) is 12.7. The van der Waals surface area contributed by atoms with Gasteiger partial charge >= 0.3 is 0 Å². The molecule has 0 spiro atoms. The van der Waals surface area contributed by atoms with Gasteiger partial charge in [0.25, 0.3) is 5.91 Å². The van der Waals surface area contributed by atoms with E-state index in [-0.39, 0.29) is 11.9 Å². The molecule has 0 heterocycles. The Morgan fingerprint density at radius 1 is 1.47 bits per heavy atom. The van der Waals surface area contributed by atoms with E-state index in [1.54, 1.807) is 18.2 Å². The highest BCUT2D eigenvalue weighted by atomic mass is 79.9. The van der Waals surface area contributed by atoms with Crippen molar-refractivity contribution in [2.24, 2.45) is 5.92 Å². The number of amides is 1. The first-order chi connectivity index (χ1) is 7.95. The third-order valence-electron chi connectivity index (χ3n) is 2.47. The molecule has 1 unspecified atom stereocenters. The van der Waals surface area contributed by atoms with Crippen molar-refractivity contribution in [2.75, 3.05) is 5.88 Å². The van der Waals surface area contributed by atoms with Crippen molar-refractivity contribution in [2.45, 2.75) is 19.9 Å². The number of hydrogen-bond donors (Lipinski definition) is 1. The summed E-state index contributed by atoms with van der Waals surface area (Å²) < 4.78 is 0.772. The van der Waals surface area contributed by atoms with Crippen molar-refractivity contribution in [1.29, 1.82) is 0 Å². The third kappa shape index (κ3) is 4.16. The van der Waals surface area contributed by atoms with Crippen LogP contribution in [0.15, 0.2) is 22.7 Å². The Morgan fingerprint density at radius 3 is 2.59 bits per heavy atom. The molecule has 0 fully saturated rings. The summed E-state index contributed by atoms with van der Waals surface area (Å²) in [6.45, 7) is 4.03. The van der Waals surface area contributed by atoms with Gasteiger partial charge in [-0.05, 0) is 40.0 Å². The molecule has 0 aliphatic heterocycles. The summed E-state index contributed by atoms with van der Waals surface area (Å²) in [5.41, 5.74) is 0.536. The summed E-state index contributed by atoms with van der Waals surface area (Å²) in [7, 11) is 0. The lowest BCUT2D eigenvalue weighted by molar-refractivity contribution is 0.0931. The highest BCUT2D eigenvalue weighted by Gasteiger charge is 2.16. The molecule has 1 rings (SSSR count). The number of carbonyl (C=O) groups is 1. The molecule has 0 aliphatic rings. The SMILES string of the molecule is CC(C)C(CCl)NC(=O)c1ccc(Br)c(Cl)c1. The fourth-order valence-corrected chi connectivity index (χ4v) is 2.13. The van der Waals surface area contributed by atoms with Crippen LogP contribution in [0.1, 0.15) is 24.2 Å². The summed E-state index contributed by atoms with van der Waals surface area (Å²) in [4.78, 5) is 11.9. The quantitative estimate of drug-likeness (QED) is 0.823. The molecule has 0 aromatic heterocycles. The monoisotopic (exact) mass is 337 g/mol. The van der Waals surface area contributed by atoms with E-state index in [9.17, 15) is 4.79 Å². The van der Waals surface area contributed by atoms with Crippen LogP contribution in [-0.2, 0) is 0 Å². The van der Waals surface area contributed by atoms with Crippen molar-refractivity contribution in [3.05, 3.63) is 33.3 Å². The molecule has 5 heteroatoms. The maximum absolute atomic E-state index is 11.9. The molecule has 1 aromatic carbocycles. The van der Waals surface area contributed by atoms with Crippen LogP contribution in [-0.4, -0.2) is 17.8 Å². The van der Waals surface area contributed by atoms with E-state index in [0.717, 1.165) is 4.47 Å². The van der Waals surface area contributed by atoms with Gasteiger partial charge in [0.2, 0.25) is 0 Å². The standard InChI is InChI=1S/C12H14BrCl2NO/c1-7(2)11(6-14)16-12(17)8-3-4-9(13)10(15)5-8/h3-5,7,11H,6H2,1-2H3,(H,16,17). The van der Waals surface area contributed by atoms with Gasteiger partial charge in [-0.25, -0.2) is 0 Å². The minimum absolute atomic E-state index is 0.0356. The maximum atomic E-state index is 11.9. The number of alkyl halides is 1. The predicted molar refractivity (Wildman–Crippen MR) is 76.0 cm³/mol. The summed E-state index contributed by atoms with van der Waals surface area (Å²) >= 11 is 15.0. The second kappa shape index (κ2) is 6.62. The second-order valence-electron chi connectivity index (χ2n) is 4.11. The lowest BCUT2D eigenvalue weighted by Gasteiger charge is -2.19. The van der Waals surface area contributed by atoms with Gasteiger partial charge in [-0.1, -0.05) is 25.4 Å². The third-order valence-corrected chi connectivity index (χ3v) is 4.03. The number of benzene rings is 1. The molecule has 94 valence electrons. The fraction of sp³-hybridized carbons (Fsp3) is 0.417. The maximum Gasteiger partial charge on any atom is 0.251 e. The molecule has 1 amide bonds. The van der Waals surface area contributed by atoms with E-state index in [2.05, 4.69) is 21.2 Å². The van der Waals surface area contributed by atoms with E-state index in [4.69, 9.17) is 23.2 Å². The zero-order chi connectivity index (χ0) is 13.0. The summed E-state index contributed by atoms with van der Waals surface area (Å²) in [6, 6.07) is 5.07. The molecule has 0 aliphatic carbocycles. The van der Waals surface area contributed by atoms with Crippen LogP contribution in [0.25, 0.3) is 0 Å². The van der Waals surface area contributed by atoms with E-state index in [1.807, 2.05) is 13.8 Å². The van der Waals surface area contributed by atoms with Gasteiger partial charge in [-0.2, -0.15) is 0 Å². The first kappa shape index (κ1) is 14.8. The minimum atomic E-state index is -0.154. The molecule has 17 heavy (non-hydrogen) atoms. The largest absolute Gasteiger partial charge is 0.348 e. The number of halogens is 3. The van der Waals surface area contributed by atoms with Crippen LogP contribution in [0, 0.1) is 5.92 Å². The molecule has 0 bridgehead atoms. The first-order valence-electron chi connectivity index (χ1n) is 5.27. The Morgan fingerprint density at radius 2 is 2.12 bits per heavy atom. The molecule has 0 saturated heterocycles. The van der Waals surface area contributed by atoms with Crippen LogP contribution in [0.5, 0.6) is 0 Å². The van der Waals surface area contributed by atoms with E-state index in [1.165, 1.54) is 0 Å². The van der Waals surface area contributed by atoms with Crippen molar-refractivity contribution in [3.63, 3.8) is 0 Å². The lowest BCUT2D eigenvalue weighted by atomic mass is 10.1. The molecular weight excluding hydrogens is 325 g/mol. The van der Waals surface area contributed by atoms with Gasteiger partial charge in [-0.15, -0.1) is 11.6 Å². The summed E-state index contributed by atoms with van der Waals surface area (Å²) in [5.74, 6) is 0.536. The molecule has 1 aromatic rings. The van der Waals surface area contributed by atoms with Gasteiger partial charge in [0.05, 0.1) is 5.02 Å². The Labute approximate surface area is 120 Å². The van der Waals surface area contributed by atoms with Crippen LogP contribution < -0.4 is 5.32 Å². The van der Waals surface area contributed by atoms with Crippen molar-refractivity contribution >= 4 is 45.0 Å². The fourth-order valence-electron chi connectivity index (χ4n) is 1.27. The van der Waals surface area contributed by atoms with Gasteiger partial charge < -0.3 is 5.32 Å². The predicted octanol–water partition coefficient (Wildman–Crippen LogP) is 4.10. The number of hydrogen-bond acceptors (Lipinski definition) is 1. The summed E-state index contributed by atoms with van der Waals surface area (Å²) in [6.07, 6.45) is 0. The molecule has 0 radical (unpaired) electrons. The Kier molecular flexibility index (Phi) is 5.77. The van der Waals surface area contributed by atoms with Crippen molar-refractivity contribution in [1.82, 2.24) is 5.32 Å². The van der Waals surface area contributed by atoms with E-state index < -0.39 is 0 Å². The molecule has 1 N–H and O–H groups in total. The molecule has 2 nitrogen and oxygen atoms in total. The topological polar surface area (TPSA) is 29.1 Å². The van der Waals surface area contributed by atoms with E-state index in [0.29, 0.717) is 22.4 Å². The average molecular weight is 339 g/mol. The normalized spacial score (nSPS) is 12.6. The Bertz CT molecular complexity index is 409. The average Bonchev–Trinajstić information content (AvgIpc) is 2.28. The Hall–Kier alpha value is -0.250. The van der Waals surface area contributed by atoms with Gasteiger partial charge in [0.15, 0.2) is 0 Å². The first-order valence-corrected chi connectivity index (χ1v) is 6.98. The van der Waals surface area contributed by atoms with Gasteiger partial charge in [0, 0.05) is 22.0 Å². The van der Waals surface area contributed by atoms with Crippen LogP contribution in [0.3, 0.4) is 0 Å². The Balaban J connectivity index is 2.79. The minimum Gasteiger partial charge on any atom is -0.348 e. The summed E-state index contributed by atoms with van der Waals surface area (Å²) in [5, 5.41) is 3.40. The van der Waals surface area contributed by atoms with Crippen molar-refractivity contribution in [3.8, 4) is 0 Å². The highest BCUT2D eigenvalue weighted by Crippen LogP contribution is 2.23. The molecular formula is C12H14BrCl2NO. The number of nitrogens with one attached hydrogen (secondary N) is 1. The van der Waals surface area contributed by atoms with Crippen LogP contribution in [0.2, 0.25) is 5.02 Å². The van der Waals surface area contributed by atoms with Crippen molar-refractivity contribution < 1.29 is 4.79 Å². The lowest BCUT2D eigenvalue weighted by Crippen LogP contribution is -2.39. The van der Waals surface area contributed by atoms with E-state index >= 15 is 0 Å². The second-order valence-corrected chi connectivity index (χ2v) is 5.68. The van der Waals surface area contributed by atoms with Crippen LogP contribution >= 0.6 is 39.1 Å². The molecule has 1 atom stereocenters. The van der Waals surface area contributed by atoms with Crippen LogP contribution in [0.4, 0.5) is 0 Å². The van der Waals surface area contributed by atoms with Gasteiger partial charge in [0.1, 0.15) is 0 Å².